The molecule has 0 radical (unpaired) electrons. The zero-order valence-corrected chi connectivity index (χ0v) is 17.4. The van der Waals surface area contributed by atoms with Crippen LogP contribution in [0.25, 0.3) is 0 Å². The van der Waals surface area contributed by atoms with Crippen LogP contribution in [0.1, 0.15) is 12.8 Å². The summed E-state index contributed by atoms with van der Waals surface area (Å²) in [6.45, 7) is 6.12. The Morgan fingerprint density at radius 2 is 1.82 bits per heavy atom. The number of anilines is 1. The van der Waals surface area contributed by atoms with Crippen molar-refractivity contribution >= 4 is 42.9 Å². The number of hydrogen-bond donors (Lipinski definition) is 3. The highest BCUT2D eigenvalue weighted by atomic mass is 35.5. The Hall–Kier alpha value is -1.42. The molecule has 10 heteroatoms. The summed E-state index contributed by atoms with van der Waals surface area (Å²) in [5, 5.41) is 8.00. The van der Waals surface area contributed by atoms with Crippen molar-refractivity contribution in [3.63, 3.8) is 0 Å². The van der Waals surface area contributed by atoms with Crippen LogP contribution in [0.2, 0.25) is 0 Å². The lowest BCUT2D eigenvalue weighted by molar-refractivity contribution is -0.134. The second-order valence-corrected chi connectivity index (χ2v) is 6.57. The average molecular weight is 434 g/mol. The number of rotatable bonds is 7. The lowest BCUT2D eigenvalue weighted by Crippen LogP contribution is -2.56. The van der Waals surface area contributed by atoms with E-state index in [0.717, 1.165) is 39.3 Å². The molecule has 1 amide bonds. The van der Waals surface area contributed by atoms with Crippen LogP contribution < -0.4 is 20.8 Å². The van der Waals surface area contributed by atoms with Crippen molar-refractivity contribution < 1.29 is 14.3 Å². The van der Waals surface area contributed by atoms with E-state index in [1.165, 1.54) is 12.8 Å². The maximum absolute atomic E-state index is 12.1. The molecule has 2 fully saturated rings. The molecule has 1 aromatic carbocycles. The molecule has 28 heavy (non-hydrogen) atoms. The van der Waals surface area contributed by atoms with Gasteiger partial charge < -0.3 is 15.4 Å². The van der Waals surface area contributed by atoms with Crippen LogP contribution in [0, 0.1) is 0 Å². The standard InChI is InChI=1S/C18H27N5O3.2ClH/c24-14-20-16-3-1-2-4-17(16)26-18(25)13-21-23-11-9-22(10-12-23)15-5-7-19-8-6-15;;/h1-4,14-15,19,21H,5-13H2,(H,20,24);2*1H. The van der Waals surface area contributed by atoms with Gasteiger partial charge in [0.05, 0.1) is 5.69 Å². The van der Waals surface area contributed by atoms with Gasteiger partial charge in [0.15, 0.2) is 5.75 Å². The SMILES string of the molecule is Cl.Cl.O=CNc1ccccc1OC(=O)CNN1CCN(C2CCNCC2)CC1. The first kappa shape index (κ1) is 24.6. The number of nitrogens with zero attached hydrogens (tertiary/aromatic N) is 2. The third kappa shape index (κ3) is 7.20. The number of esters is 1. The van der Waals surface area contributed by atoms with Crippen LogP contribution in [0.3, 0.4) is 0 Å². The monoisotopic (exact) mass is 433 g/mol. The van der Waals surface area contributed by atoms with Gasteiger partial charge in [-0.25, -0.2) is 10.4 Å². The van der Waals surface area contributed by atoms with Crippen LogP contribution in [0.5, 0.6) is 5.75 Å². The average Bonchev–Trinajstić information content (AvgIpc) is 2.69. The molecule has 8 nitrogen and oxygen atoms in total. The van der Waals surface area contributed by atoms with E-state index in [-0.39, 0.29) is 37.3 Å². The number of piperazine rings is 1. The molecular weight excluding hydrogens is 405 g/mol. The molecule has 2 aliphatic rings. The number of hydrazine groups is 1. The van der Waals surface area contributed by atoms with E-state index in [4.69, 9.17) is 4.74 Å². The molecule has 0 bridgehead atoms. The predicted molar refractivity (Wildman–Crippen MR) is 113 cm³/mol. The number of para-hydroxylation sites is 2. The van der Waals surface area contributed by atoms with E-state index in [1.807, 2.05) is 0 Å². The topological polar surface area (TPSA) is 85.9 Å². The van der Waals surface area contributed by atoms with Crippen molar-refractivity contribution in [2.24, 2.45) is 0 Å². The molecule has 0 saturated carbocycles. The number of ether oxygens (including phenoxy) is 1. The highest BCUT2D eigenvalue weighted by Gasteiger charge is 2.25. The molecule has 0 unspecified atom stereocenters. The number of piperidine rings is 1. The van der Waals surface area contributed by atoms with Gasteiger partial charge in [0.1, 0.15) is 6.54 Å². The minimum Gasteiger partial charge on any atom is -0.423 e. The summed E-state index contributed by atoms with van der Waals surface area (Å²) >= 11 is 0. The van der Waals surface area contributed by atoms with Gasteiger partial charge in [-0.05, 0) is 38.1 Å². The number of benzene rings is 1. The largest absolute Gasteiger partial charge is 0.423 e. The van der Waals surface area contributed by atoms with Crippen molar-refractivity contribution in [3.05, 3.63) is 24.3 Å². The zero-order chi connectivity index (χ0) is 18.2. The van der Waals surface area contributed by atoms with Gasteiger partial charge in [0, 0.05) is 32.2 Å². The molecule has 0 aromatic heterocycles. The summed E-state index contributed by atoms with van der Waals surface area (Å²) < 4.78 is 5.34. The molecule has 1 aromatic rings. The van der Waals surface area contributed by atoms with E-state index in [0.29, 0.717) is 23.9 Å². The summed E-state index contributed by atoms with van der Waals surface area (Å²) in [6, 6.07) is 7.55. The third-order valence-electron chi connectivity index (χ3n) is 4.91. The zero-order valence-electron chi connectivity index (χ0n) is 15.8. The van der Waals surface area contributed by atoms with Crippen LogP contribution in [-0.2, 0) is 9.59 Å². The maximum Gasteiger partial charge on any atom is 0.326 e. The second-order valence-electron chi connectivity index (χ2n) is 6.57. The van der Waals surface area contributed by atoms with Crippen molar-refractivity contribution in [1.29, 1.82) is 0 Å². The Morgan fingerprint density at radius 1 is 1.14 bits per heavy atom. The first-order valence-electron chi connectivity index (χ1n) is 9.19. The Kier molecular flexibility index (Phi) is 11.4. The van der Waals surface area contributed by atoms with Gasteiger partial charge in [-0.3, -0.25) is 14.5 Å². The Labute approximate surface area is 178 Å². The lowest BCUT2D eigenvalue weighted by atomic mass is 10.0. The highest BCUT2D eigenvalue weighted by molar-refractivity contribution is 5.85. The number of nitrogens with one attached hydrogen (secondary N) is 3. The molecule has 2 saturated heterocycles. The molecule has 0 atom stereocenters. The Bertz CT molecular complexity index is 609. The van der Waals surface area contributed by atoms with E-state index in [2.05, 4.69) is 26.0 Å². The molecule has 158 valence electrons. The van der Waals surface area contributed by atoms with Crippen LogP contribution in [0.15, 0.2) is 24.3 Å². The summed E-state index contributed by atoms with van der Waals surface area (Å²) in [7, 11) is 0. The van der Waals surface area contributed by atoms with Crippen molar-refractivity contribution in [2.75, 3.05) is 51.1 Å². The van der Waals surface area contributed by atoms with Crippen molar-refractivity contribution in [2.45, 2.75) is 18.9 Å². The molecule has 2 heterocycles. The lowest BCUT2D eigenvalue weighted by Gasteiger charge is -2.40. The van der Waals surface area contributed by atoms with Gasteiger partial charge in [-0.1, -0.05) is 12.1 Å². The highest BCUT2D eigenvalue weighted by Crippen LogP contribution is 2.23. The first-order chi connectivity index (χ1) is 12.8. The number of carbonyl (C=O) groups excluding carboxylic acids is 2. The first-order valence-corrected chi connectivity index (χ1v) is 9.19. The second kappa shape index (κ2) is 12.9. The third-order valence-corrected chi connectivity index (χ3v) is 4.91. The molecule has 0 spiro atoms. The fraction of sp³-hybridized carbons (Fsp3) is 0.556. The minimum atomic E-state index is -0.383. The number of amides is 1. The summed E-state index contributed by atoms with van der Waals surface area (Å²) in [6.07, 6.45) is 2.99. The minimum absolute atomic E-state index is 0. The predicted octanol–water partition coefficient (Wildman–Crippen LogP) is 0.878. The summed E-state index contributed by atoms with van der Waals surface area (Å²) in [4.78, 5) is 25.2. The van der Waals surface area contributed by atoms with E-state index in [9.17, 15) is 9.59 Å². The molecule has 3 N–H and O–H groups in total. The van der Waals surface area contributed by atoms with E-state index in [1.54, 1.807) is 24.3 Å². The van der Waals surface area contributed by atoms with Gasteiger partial charge in [0.2, 0.25) is 6.41 Å². The van der Waals surface area contributed by atoms with Gasteiger partial charge >= 0.3 is 5.97 Å². The summed E-state index contributed by atoms with van der Waals surface area (Å²) in [5.41, 5.74) is 3.62. The van der Waals surface area contributed by atoms with Crippen LogP contribution in [0.4, 0.5) is 5.69 Å². The van der Waals surface area contributed by atoms with Gasteiger partial charge in [0.25, 0.3) is 0 Å². The fourth-order valence-electron chi connectivity index (χ4n) is 3.49. The molecular formula is C18H29Cl2N5O3. The van der Waals surface area contributed by atoms with Gasteiger partial charge in [-0.2, -0.15) is 0 Å². The van der Waals surface area contributed by atoms with Crippen LogP contribution in [-0.4, -0.2) is 74.1 Å². The molecule has 3 rings (SSSR count). The maximum atomic E-state index is 12.1. The molecule has 2 aliphatic heterocycles. The van der Waals surface area contributed by atoms with Gasteiger partial charge in [-0.15, -0.1) is 24.8 Å². The number of carbonyl (C=O) groups is 2. The van der Waals surface area contributed by atoms with Crippen molar-refractivity contribution in [1.82, 2.24) is 20.7 Å². The molecule has 0 aliphatic carbocycles. The smallest absolute Gasteiger partial charge is 0.326 e. The number of hydrogen-bond acceptors (Lipinski definition) is 7. The quantitative estimate of drug-likeness (QED) is 0.334. The van der Waals surface area contributed by atoms with E-state index >= 15 is 0 Å². The summed E-state index contributed by atoms with van der Waals surface area (Å²) in [5.74, 6) is -0.0342. The van der Waals surface area contributed by atoms with Crippen molar-refractivity contribution in [3.8, 4) is 5.75 Å². The Morgan fingerprint density at radius 3 is 2.50 bits per heavy atom. The normalized spacial score (nSPS) is 18.4. The van der Waals surface area contributed by atoms with Crippen LogP contribution >= 0.6 is 24.8 Å². The number of halogens is 2. The van der Waals surface area contributed by atoms with E-state index < -0.39 is 0 Å². The Balaban J connectivity index is 0.00000196. The fourth-order valence-corrected chi connectivity index (χ4v) is 3.49.